The molecule has 0 saturated carbocycles. The topological polar surface area (TPSA) is 28.7 Å². The minimum atomic E-state index is 0.697. The average molecular weight is 172 g/mol. The summed E-state index contributed by atoms with van der Waals surface area (Å²) in [4.78, 5) is 7.65. The van der Waals surface area contributed by atoms with Gasteiger partial charge < -0.3 is 4.98 Å². The van der Waals surface area contributed by atoms with E-state index in [4.69, 9.17) is 0 Å². The lowest BCUT2D eigenvalue weighted by Gasteiger charge is -1.98. The Morgan fingerprint density at radius 2 is 2.46 bits per heavy atom. The van der Waals surface area contributed by atoms with Gasteiger partial charge in [-0.15, -0.1) is 0 Å². The monoisotopic (exact) mass is 172 g/mol. The molecule has 0 amide bonds. The van der Waals surface area contributed by atoms with Gasteiger partial charge in [0.2, 0.25) is 0 Å². The Kier molecular flexibility index (Phi) is 1.29. The Hall–Kier alpha value is -1.31. The molecule has 0 spiro atoms. The second-order valence-corrected chi connectivity index (χ2v) is 3.88. The summed E-state index contributed by atoms with van der Waals surface area (Å²) in [6.07, 6.45) is 6.32. The van der Waals surface area contributed by atoms with Gasteiger partial charge in [-0.25, -0.2) is 0 Å². The van der Waals surface area contributed by atoms with Gasteiger partial charge in [0.25, 0.3) is 0 Å². The highest BCUT2D eigenvalue weighted by Crippen LogP contribution is 2.36. The number of nitrogens with one attached hydrogen (secondary N) is 1. The second kappa shape index (κ2) is 2.34. The maximum Gasteiger partial charge on any atom is 0.0490 e. The quantitative estimate of drug-likeness (QED) is 0.650. The van der Waals surface area contributed by atoms with Crippen molar-refractivity contribution in [3.63, 3.8) is 0 Å². The highest BCUT2D eigenvalue weighted by molar-refractivity contribution is 5.84. The van der Waals surface area contributed by atoms with Crippen molar-refractivity contribution < 1.29 is 0 Å². The minimum Gasteiger partial charge on any atom is -0.358 e. The first-order chi connectivity index (χ1) is 6.36. The molecule has 3 rings (SSSR count). The standard InChI is InChI=1S/C11H12N2/c1-7-2-3-8-9-6-12-5-4-10(9)13-11(7)8/h4-7,13H,2-3H2,1H3. The Balaban J connectivity index is 2.38. The molecule has 1 aliphatic carbocycles. The predicted molar refractivity (Wildman–Crippen MR) is 52.8 cm³/mol. The fraction of sp³-hybridized carbons (Fsp3) is 0.364. The van der Waals surface area contributed by atoms with Crippen molar-refractivity contribution in [2.24, 2.45) is 0 Å². The highest BCUT2D eigenvalue weighted by atomic mass is 14.8. The van der Waals surface area contributed by atoms with Crippen LogP contribution in [0.5, 0.6) is 0 Å². The van der Waals surface area contributed by atoms with E-state index in [-0.39, 0.29) is 0 Å². The number of aromatic nitrogens is 2. The Bertz CT molecular complexity index is 456. The minimum absolute atomic E-state index is 0.697. The summed E-state index contributed by atoms with van der Waals surface area (Å²) < 4.78 is 0. The summed E-state index contributed by atoms with van der Waals surface area (Å²) in [7, 11) is 0. The van der Waals surface area contributed by atoms with Crippen LogP contribution in [0.15, 0.2) is 18.5 Å². The van der Waals surface area contributed by atoms with Crippen molar-refractivity contribution in [1.82, 2.24) is 9.97 Å². The third-order valence-electron chi connectivity index (χ3n) is 3.06. The van der Waals surface area contributed by atoms with Gasteiger partial charge in [0.15, 0.2) is 0 Å². The van der Waals surface area contributed by atoms with Crippen LogP contribution in [0, 0.1) is 0 Å². The molecule has 2 aromatic heterocycles. The molecule has 1 aliphatic rings. The third-order valence-corrected chi connectivity index (χ3v) is 3.06. The smallest absolute Gasteiger partial charge is 0.0490 e. The molecule has 1 atom stereocenters. The molecule has 66 valence electrons. The van der Waals surface area contributed by atoms with Crippen LogP contribution in [-0.4, -0.2) is 9.97 Å². The van der Waals surface area contributed by atoms with Crippen molar-refractivity contribution in [3.8, 4) is 0 Å². The number of nitrogens with zero attached hydrogens (tertiary/aromatic N) is 1. The fourth-order valence-corrected chi connectivity index (χ4v) is 2.30. The number of rotatable bonds is 0. The molecule has 2 nitrogen and oxygen atoms in total. The van der Waals surface area contributed by atoms with Crippen LogP contribution in [-0.2, 0) is 6.42 Å². The first-order valence-corrected chi connectivity index (χ1v) is 4.80. The zero-order chi connectivity index (χ0) is 8.84. The maximum absolute atomic E-state index is 4.17. The number of pyridine rings is 1. The third kappa shape index (κ3) is 0.857. The van der Waals surface area contributed by atoms with E-state index in [0.717, 1.165) is 0 Å². The van der Waals surface area contributed by atoms with Crippen LogP contribution >= 0.6 is 0 Å². The van der Waals surface area contributed by atoms with Crippen LogP contribution in [0.25, 0.3) is 10.9 Å². The SMILES string of the molecule is CC1CCc2c1[nH]c1ccncc21. The molecule has 0 bridgehead atoms. The molecule has 1 unspecified atom stereocenters. The van der Waals surface area contributed by atoms with Gasteiger partial charge >= 0.3 is 0 Å². The molecule has 0 aromatic carbocycles. The van der Waals surface area contributed by atoms with Crippen LogP contribution in [0.2, 0.25) is 0 Å². The summed E-state index contributed by atoms with van der Waals surface area (Å²) in [5.74, 6) is 0.697. The van der Waals surface area contributed by atoms with Gasteiger partial charge in [-0.1, -0.05) is 6.92 Å². The Morgan fingerprint density at radius 3 is 3.38 bits per heavy atom. The van der Waals surface area contributed by atoms with Crippen molar-refractivity contribution in [3.05, 3.63) is 29.7 Å². The summed E-state index contributed by atoms with van der Waals surface area (Å²) >= 11 is 0. The fourth-order valence-electron chi connectivity index (χ4n) is 2.30. The highest BCUT2D eigenvalue weighted by Gasteiger charge is 2.22. The van der Waals surface area contributed by atoms with Crippen molar-refractivity contribution >= 4 is 10.9 Å². The molecular weight excluding hydrogens is 160 g/mol. The van der Waals surface area contributed by atoms with Crippen LogP contribution in [0.1, 0.15) is 30.5 Å². The normalized spacial score (nSPS) is 20.8. The molecular formula is C11H12N2. The molecule has 1 N–H and O–H groups in total. The Morgan fingerprint density at radius 1 is 1.54 bits per heavy atom. The van der Waals surface area contributed by atoms with Crippen LogP contribution in [0.4, 0.5) is 0 Å². The summed E-state index contributed by atoms with van der Waals surface area (Å²) in [6, 6.07) is 2.06. The molecule has 2 aromatic rings. The van der Waals surface area contributed by atoms with E-state index in [2.05, 4.69) is 23.0 Å². The number of aryl methyl sites for hydroxylation is 1. The van der Waals surface area contributed by atoms with Gasteiger partial charge in [0, 0.05) is 29.0 Å². The number of hydrogen-bond donors (Lipinski definition) is 1. The van der Waals surface area contributed by atoms with E-state index in [0.29, 0.717) is 5.92 Å². The molecule has 0 saturated heterocycles. The molecule has 13 heavy (non-hydrogen) atoms. The molecule has 0 radical (unpaired) electrons. The van der Waals surface area contributed by atoms with Crippen molar-refractivity contribution in [2.45, 2.75) is 25.7 Å². The lowest BCUT2D eigenvalue weighted by Crippen LogP contribution is -1.85. The van der Waals surface area contributed by atoms with E-state index in [9.17, 15) is 0 Å². The van der Waals surface area contributed by atoms with Gasteiger partial charge in [-0.3, -0.25) is 4.98 Å². The van der Waals surface area contributed by atoms with E-state index < -0.39 is 0 Å². The van der Waals surface area contributed by atoms with E-state index in [1.54, 1.807) is 0 Å². The zero-order valence-electron chi connectivity index (χ0n) is 7.67. The van der Waals surface area contributed by atoms with Gasteiger partial charge in [-0.2, -0.15) is 0 Å². The van der Waals surface area contributed by atoms with Crippen LogP contribution < -0.4 is 0 Å². The predicted octanol–water partition coefficient (Wildman–Crippen LogP) is 2.61. The van der Waals surface area contributed by atoms with E-state index in [1.807, 2.05) is 12.4 Å². The van der Waals surface area contributed by atoms with E-state index in [1.165, 1.54) is 35.0 Å². The molecule has 2 heterocycles. The second-order valence-electron chi connectivity index (χ2n) is 3.88. The maximum atomic E-state index is 4.17. The van der Waals surface area contributed by atoms with Crippen molar-refractivity contribution in [1.29, 1.82) is 0 Å². The Labute approximate surface area is 77.0 Å². The summed E-state index contributed by atoms with van der Waals surface area (Å²) in [5, 5.41) is 1.32. The summed E-state index contributed by atoms with van der Waals surface area (Å²) in [5.41, 5.74) is 4.17. The zero-order valence-corrected chi connectivity index (χ0v) is 7.67. The number of fused-ring (bicyclic) bond motifs is 3. The average Bonchev–Trinajstić information content (AvgIpc) is 2.67. The summed E-state index contributed by atoms with van der Waals surface area (Å²) in [6.45, 7) is 2.29. The molecule has 0 fully saturated rings. The van der Waals surface area contributed by atoms with Crippen LogP contribution in [0.3, 0.4) is 0 Å². The van der Waals surface area contributed by atoms with Gasteiger partial charge in [0.1, 0.15) is 0 Å². The molecule has 0 aliphatic heterocycles. The first kappa shape index (κ1) is 7.13. The number of H-pyrrole nitrogens is 1. The van der Waals surface area contributed by atoms with E-state index >= 15 is 0 Å². The number of aromatic amines is 1. The van der Waals surface area contributed by atoms with Gasteiger partial charge in [-0.05, 0) is 30.4 Å². The number of hydrogen-bond acceptors (Lipinski definition) is 1. The molecule has 2 heteroatoms. The first-order valence-electron chi connectivity index (χ1n) is 4.80. The lowest BCUT2D eigenvalue weighted by molar-refractivity contribution is 0.732. The lowest BCUT2D eigenvalue weighted by atomic mass is 10.1. The van der Waals surface area contributed by atoms with Gasteiger partial charge in [0.05, 0.1) is 0 Å². The van der Waals surface area contributed by atoms with Crippen molar-refractivity contribution in [2.75, 3.05) is 0 Å². The largest absolute Gasteiger partial charge is 0.358 e.